The third-order valence-electron chi connectivity index (χ3n) is 7.33. The molecule has 23 heteroatoms. The Kier molecular flexibility index (Phi) is 22.7. The Bertz CT molecular complexity index is 1520. The normalized spacial score (nSPS) is 18.9. The molecule has 4 N–H and O–H groups in total. The van der Waals surface area contributed by atoms with Gasteiger partial charge in [0.25, 0.3) is 0 Å². The lowest BCUT2D eigenvalue weighted by molar-refractivity contribution is -0.152. The summed E-state index contributed by atoms with van der Waals surface area (Å²) in [4.78, 5) is 80.3. The second kappa shape index (κ2) is 26.7. The fraction of sp³-hybridized carbons (Fsp3) is 0.711. The van der Waals surface area contributed by atoms with Gasteiger partial charge in [-0.1, -0.05) is 5.92 Å². The molecule has 0 spiro atoms. The van der Waals surface area contributed by atoms with Crippen LogP contribution in [-0.2, 0) is 66.4 Å². The highest BCUT2D eigenvalue weighted by atomic mass is 16.8. The van der Waals surface area contributed by atoms with Crippen molar-refractivity contribution in [2.75, 3.05) is 86.3 Å². The molecule has 5 atom stereocenters. The maximum atomic E-state index is 12.9. The van der Waals surface area contributed by atoms with Gasteiger partial charge < -0.3 is 67.5 Å². The van der Waals surface area contributed by atoms with Gasteiger partial charge in [-0.15, -0.1) is 6.42 Å². The highest BCUT2D eigenvalue weighted by molar-refractivity contribution is 6.01. The number of hydrogen-bond donors (Lipinski definition) is 4. The number of esters is 1. The molecule has 0 radical (unpaired) electrons. The van der Waals surface area contributed by atoms with Gasteiger partial charge in [0.15, 0.2) is 12.2 Å². The van der Waals surface area contributed by atoms with E-state index in [1.165, 1.54) is 13.0 Å². The fourth-order valence-electron chi connectivity index (χ4n) is 5.07. The van der Waals surface area contributed by atoms with Gasteiger partial charge in [0.2, 0.25) is 17.6 Å². The van der Waals surface area contributed by atoms with Gasteiger partial charge in [-0.25, -0.2) is 29.0 Å². The number of aliphatic imine (C=N–C) groups is 1. The lowest BCUT2D eigenvalue weighted by Gasteiger charge is -2.40. The van der Waals surface area contributed by atoms with Gasteiger partial charge in [0, 0.05) is 13.5 Å². The summed E-state index contributed by atoms with van der Waals surface area (Å²) in [7, 11) is 1.09. The van der Waals surface area contributed by atoms with Crippen LogP contribution in [-0.4, -0.2) is 170 Å². The Morgan fingerprint density at radius 3 is 1.92 bits per heavy atom. The molecule has 2 rings (SSSR count). The average molecular weight is 874 g/mol. The lowest BCUT2D eigenvalue weighted by atomic mass is 9.92. The molecule has 0 aromatic carbocycles. The molecule has 0 unspecified atom stereocenters. The third-order valence-corrected chi connectivity index (χ3v) is 7.33. The number of cyclic esters (lactones) is 2. The highest BCUT2D eigenvalue weighted by Gasteiger charge is 2.49. The molecule has 23 nitrogen and oxygen atoms in total. The molecule has 0 aromatic rings. The molecule has 61 heavy (non-hydrogen) atoms. The molecule has 0 bridgehead atoms. The van der Waals surface area contributed by atoms with Crippen LogP contribution in [0.2, 0.25) is 0 Å². The summed E-state index contributed by atoms with van der Waals surface area (Å²) in [6.45, 7) is 12.5. The number of carbonyl (C=O) groups is 6. The van der Waals surface area contributed by atoms with Crippen LogP contribution in [0.3, 0.4) is 0 Å². The molecule has 2 heterocycles. The van der Waals surface area contributed by atoms with E-state index >= 15 is 0 Å². The molecule has 0 aliphatic carbocycles. The topological polar surface area (TPSA) is 274 Å². The van der Waals surface area contributed by atoms with E-state index in [1.807, 2.05) is 0 Å². The zero-order valence-corrected chi connectivity index (χ0v) is 35.8. The number of alkyl carbamates (subject to hydrolysis) is 3. The van der Waals surface area contributed by atoms with E-state index in [2.05, 4.69) is 32.2 Å². The quantitative estimate of drug-likeness (QED) is 0.0296. The van der Waals surface area contributed by atoms with Crippen LogP contribution >= 0.6 is 0 Å². The first-order valence-corrected chi connectivity index (χ1v) is 19.2. The first-order chi connectivity index (χ1) is 28.8. The van der Waals surface area contributed by atoms with Crippen molar-refractivity contribution in [3.8, 4) is 12.3 Å². The van der Waals surface area contributed by atoms with E-state index in [1.54, 1.807) is 41.5 Å². The number of ether oxygens (including phenoxy) is 12. The maximum absolute atomic E-state index is 12.9. The molecule has 4 amide bonds. The molecule has 344 valence electrons. The van der Waals surface area contributed by atoms with Crippen molar-refractivity contribution in [2.24, 2.45) is 4.99 Å². The van der Waals surface area contributed by atoms with E-state index in [4.69, 9.17) is 63.3 Å². The summed E-state index contributed by atoms with van der Waals surface area (Å²) >= 11 is 0. The summed E-state index contributed by atoms with van der Waals surface area (Å²) < 4.78 is 64.4. The maximum Gasteiger partial charge on any atom is 0.508 e. The van der Waals surface area contributed by atoms with Crippen molar-refractivity contribution >= 4 is 42.3 Å². The van der Waals surface area contributed by atoms with Crippen LogP contribution in [0.4, 0.5) is 19.2 Å². The molecule has 2 aliphatic heterocycles. The number of methoxy groups -OCH3 is 1. The number of nitrogens with zero attached hydrogens (tertiary/aromatic N) is 1. The zero-order valence-electron chi connectivity index (χ0n) is 35.8. The predicted molar refractivity (Wildman–Crippen MR) is 210 cm³/mol. The minimum absolute atomic E-state index is 0.116. The summed E-state index contributed by atoms with van der Waals surface area (Å²) in [6, 6.07) is -2.60. The van der Waals surface area contributed by atoms with Gasteiger partial charge >= 0.3 is 30.4 Å². The van der Waals surface area contributed by atoms with E-state index in [0.29, 0.717) is 33.0 Å². The third kappa shape index (κ3) is 22.1. The Morgan fingerprint density at radius 2 is 1.41 bits per heavy atom. The largest absolute Gasteiger partial charge is 0.508 e. The summed E-state index contributed by atoms with van der Waals surface area (Å²) in [5.41, 5.74) is -1.92. The van der Waals surface area contributed by atoms with Crippen LogP contribution in [0.15, 0.2) is 16.8 Å². The van der Waals surface area contributed by atoms with Crippen molar-refractivity contribution in [1.82, 2.24) is 21.3 Å². The fourth-order valence-corrected chi connectivity index (χ4v) is 5.07. The van der Waals surface area contributed by atoms with E-state index < -0.39 is 89.6 Å². The summed E-state index contributed by atoms with van der Waals surface area (Å²) in [6.07, 6.45) is -1.54. The first kappa shape index (κ1) is 51.7. The number of amides is 4. The number of carbonyl (C=O) groups excluding carboxylic acids is 6. The van der Waals surface area contributed by atoms with Gasteiger partial charge in [-0.2, -0.15) is 0 Å². The van der Waals surface area contributed by atoms with Crippen LogP contribution < -0.4 is 21.3 Å². The van der Waals surface area contributed by atoms with Gasteiger partial charge in [0.1, 0.15) is 37.1 Å². The van der Waals surface area contributed by atoms with Crippen LogP contribution in [0.1, 0.15) is 48.5 Å². The van der Waals surface area contributed by atoms with Crippen molar-refractivity contribution in [3.63, 3.8) is 0 Å². The minimum Gasteiger partial charge on any atom is -0.478 e. The number of hydrogen-bond acceptors (Lipinski definition) is 19. The van der Waals surface area contributed by atoms with Crippen LogP contribution in [0, 0.1) is 12.3 Å². The SMILES string of the molecule is C#CCOCCOCCOCCOCCNC(=O)OCCO[C@@H]([C@@H]1OC(C(=O)OC)=C[C@H](N=C(NC(=O)OC(C)(C)C)NC(=O)OC(C)(C)C)[C@H]1NC(C)=O)[C@H]1COC(=O)O1. The highest BCUT2D eigenvalue weighted by Crippen LogP contribution is 2.29. The lowest BCUT2D eigenvalue weighted by Crippen LogP contribution is -2.61. The standard InChI is InChI=1S/C38H59N5O18/c1-10-12-51-14-16-53-18-19-54-17-15-52-13-11-39-33(46)56-21-20-55-29(27-23-57-36(49)59-27)30-28(40-24(2)44)25(22-26(58-30)31(45)50-9)41-32(42-34(47)60-37(3,4)5)43-35(48)61-38(6,7)8/h1,22,25,27-30H,11-21,23H2,2-9H3,(H,39,46)(H,40,44)(H2,41,42,43,47,48)/t25-,27+,28+,29+,30+/m0/s1. The smallest absolute Gasteiger partial charge is 0.478 e. The second-order valence-electron chi connectivity index (χ2n) is 14.8. The number of guanidine groups is 1. The Hall–Kier alpha value is -5.41. The van der Waals surface area contributed by atoms with E-state index in [-0.39, 0.29) is 46.2 Å². The second-order valence-corrected chi connectivity index (χ2v) is 14.8. The van der Waals surface area contributed by atoms with Crippen molar-refractivity contribution in [2.45, 2.75) is 90.1 Å². The number of nitrogens with one attached hydrogen (secondary N) is 4. The Balaban J connectivity index is 2.17. The van der Waals surface area contributed by atoms with Gasteiger partial charge in [-0.3, -0.25) is 15.4 Å². The van der Waals surface area contributed by atoms with Gasteiger partial charge in [0.05, 0.1) is 72.0 Å². The molecule has 1 fully saturated rings. The zero-order chi connectivity index (χ0) is 45.4. The Labute approximate surface area is 354 Å². The summed E-state index contributed by atoms with van der Waals surface area (Å²) in [5.74, 6) is -0.147. The first-order valence-electron chi connectivity index (χ1n) is 19.2. The van der Waals surface area contributed by atoms with Crippen molar-refractivity contribution < 1.29 is 85.6 Å². The molecular weight excluding hydrogens is 814 g/mol. The van der Waals surface area contributed by atoms with Crippen LogP contribution in [0.25, 0.3) is 0 Å². The summed E-state index contributed by atoms with van der Waals surface area (Å²) in [5, 5.41) is 9.90. The van der Waals surface area contributed by atoms with Crippen molar-refractivity contribution in [1.29, 1.82) is 0 Å². The molecule has 0 saturated carbocycles. The predicted octanol–water partition coefficient (Wildman–Crippen LogP) is 1.07. The average Bonchev–Trinajstić information content (AvgIpc) is 3.59. The molecular formula is C38H59N5O18. The monoisotopic (exact) mass is 873 g/mol. The van der Waals surface area contributed by atoms with Crippen molar-refractivity contribution in [3.05, 3.63) is 11.8 Å². The molecule has 2 aliphatic rings. The Morgan fingerprint density at radius 1 is 0.836 bits per heavy atom. The number of terminal acetylenes is 1. The van der Waals surface area contributed by atoms with Crippen LogP contribution in [0.5, 0.6) is 0 Å². The minimum atomic E-state index is -1.41. The van der Waals surface area contributed by atoms with Gasteiger partial charge in [-0.05, 0) is 47.6 Å². The molecule has 1 saturated heterocycles. The molecule has 0 aromatic heterocycles. The number of rotatable bonds is 22. The van der Waals surface area contributed by atoms with E-state index in [0.717, 1.165) is 7.11 Å². The van der Waals surface area contributed by atoms with E-state index in [9.17, 15) is 28.8 Å².